The number of methoxy groups -OCH3 is 1. The van der Waals surface area contributed by atoms with E-state index in [0.29, 0.717) is 29.0 Å². The molecule has 3 aromatic rings. The van der Waals surface area contributed by atoms with Crippen LogP contribution in [-0.4, -0.2) is 47.2 Å². The van der Waals surface area contributed by atoms with E-state index in [4.69, 9.17) is 10.5 Å². The maximum absolute atomic E-state index is 13.1. The molecule has 9 nitrogen and oxygen atoms in total. The molecule has 184 valence electrons. The first-order valence-electron chi connectivity index (χ1n) is 11.5. The quantitative estimate of drug-likeness (QED) is 0.411. The Hall–Kier alpha value is -4.97. The van der Waals surface area contributed by atoms with Crippen molar-refractivity contribution in [1.82, 2.24) is 15.2 Å². The van der Waals surface area contributed by atoms with Gasteiger partial charge in [-0.3, -0.25) is 29.5 Å². The van der Waals surface area contributed by atoms with E-state index in [1.54, 1.807) is 54.9 Å². The van der Waals surface area contributed by atoms with Crippen molar-refractivity contribution in [3.05, 3.63) is 83.2 Å². The van der Waals surface area contributed by atoms with E-state index in [2.05, 4.69) is 22.1 Å². The second-order valence-corrected chi connectivity index (χ2v) is 8.97. The summed E-state index contributed by atoms with van der Waals surface area (Å²) in [6.45, 7) is 0.274. The fourth-order valence-corrected chi connectivity index (χ4v) is 4.52. The Morgan fingerprint density at radius 3 is 2.57 bits per heavy atom. The molecule has 0 radical (unpaired) electrons. The summed E-state index contributed by atoms with van der Waals surface area (Å²) in [5.41, 5.74) is 7.72. The van der Waals surface area contributed by atoms with Gasteiger partial charge in [-0.05, 0) is 41.5 Å². The molecule has 0 spiro atoms. The highest BCUT2D eigenvalue weighted by Gasteiger charge is 2.48. The van der Waals surface area contributed by atoms with Gasteiger partial charge in [0.25, 0.3) is 5.91 Å². The molecule has 2 aromatic carbocycles. The van der Waals surface area contributed by atoms with Crippen molar-refractivity contribution in [1.29, 1.82) is 0 Å². The van der Waals surface area contributed by atoms with Gasteiger partial charge in [0.05, 0.1) is 13.5 Å². The smallest absolute Gasteiger partial charge is 0.254 e. The number of aromatic nitrogens is 1. The molecule has 0 bridgehead atoms. The highest BCUT2D eigenvalue weighted by Crippen LogP contribution is 2.33. The molecular formula is C28H22N4O5. The van der Waals surface area contributed by atoms with Crippen molar-refractivity contribution < 1.29 is 23.9 Å². The van der Waals surface area contributed by atoms with Crippen LogP contribution in [0.25, 0.3) is 11.1 Å². The second-order valence-electron chi connectivity index (χ2n) is 8.97. The summed E-state index contributed by atoms with van der Waals surface area (Å²) in [6.07, 6.45) is 3.06. The number of rotatable bonds is 5. The van der Waals surface area contributed by atoms with E-state index in [9.17, 15) is 19.2 Å². The molecule has 5 rings (SSSR count). The van der Waals surface area contributed by atoms with Crippen LogP contribution in [0.15, 0.2) is 60.9 Å². The van der Waals surface area contributed by atoms with Gasteiger partial charge >= 0.3 is 0 Å². The minimum atomic E-state index is -1.39. The van der Waals surface area contributed by atoms with Crippen molar-refractivity contribution >= 4 is 23.6 Å². The predicted octanol–water partition coefficient (Wildman–Crippen LogP) is 1.90. The van der Waals surface area contributed by atoms with Crippen LogP contribution >= 0.6 is 0 Å². The van der Waals surface area contributed by atoms with Gasteiger partial charge in [-0.2, -0.15) is 0 Å². The van der Waals surface area contributed by atoms with E-state index in [-0.39, 0.29) is 18.9 Å². The first-order valence-corrected chi connectivity index (χ1v) is 11.5. The predicted molar refractivity (Wildman–Crippen MR) is 133 cm³/mol. The van der Waals surface area contributed by atoms with Crippen molar-refractivity contribution in [3.8, 4) is 28.7 Å². The molecule has 0 aliphatic carbocycles. The minimum absolute atomic E-state index is 0.0326. The number of fused-ring (bicyclic) bond motifs is 1. The molecule has 3 heterocycles. The van der Waals surface area contributed by atoms with Crippen LogP contribution in [0.5, 0.6) is 5.75 Å². The number of hydrogen-bond donors (Lipinski definition) is 2. The Morgan fingerprint density at radius 2 is 1.89 bits per heavy atom. The maximum atomic E-state index is 13.1. The first kappa shape index (κ1) is 23.8. The van der Waals surface area contributed by atoms with Crippen molar-refractivity contribution in [3.63, 3.8) is 0 Å². The van der Waals surface area contributed by atoms with Crippen LogP contribution in [0, 0.1) is 17.3 Å². The molecule has 2 aliphatic rings. The van der Waals surface area contributed by atoms with Gasteiger partial charge in [-0.15, -0.1) is 0 Å². The van der Waals surface area contributed by atoms with Crippen LogP contribution < -0.4 is 15.8 Å². The van der Waals surface area contributed by atoms with Gasteiger partial charge in [-0.25, -0.2) is 0 Å². The third-order valence-corrected chi connectivity index (χ3v) is 6.49. The monoisotopic (exact) mass is 494 g/mol. The van der Waals surface area contributed by atoms with Crippen molar-refractivity contribution in [2.24, 2.45) is 11.1 Å². The highest BCUT2D eigenvalue weighted by atomic mass is 16.5. The number of carbonyl (C=O) groups excluding carboxylic acids is 4. The van der Waals surface area contributed by atoms with Crippen molar-refractivity contribution in [2.75, 3.05) is 13.7 Å². The molecule has 9 heteroatoms. The number of nitrogens with two attached hydrogens (primary N) is 1. The normalized spacial score (nSPS) is 18.2. The lowest BCUT2D eigenvalue weighted by Crippen LogP contribution is -2.42. The third kappa shape index (κ3) is 4.52. The van der Waals surface area contributed by atoms with Gasteiger partial charge in [0.2, 0.25) is 17.7 Å². The number of pyridine rings is 1. The summed E-state index contributed by atoms with van der Waals surface area (Å²) in [5.74, 6) is 4.81. The Kier molecular flexibility index (Phi) is 5.93. The average Bonchev–Trinajstić information content (AvgIpc) is 3.36. The zero-order valence-corrected chi connectivity index (χ0v) is 19.9. The average molecular weight is 495 g/mol. The first-order chi connectivity index (χ1) is 17.8. The number of carbonyl (C=O) groups is 4. The van der Waals surface area contributed by atoms with Gasteiger partial charge < -0.3 is 15.4 Å². The number of amides is 4. The fourth-order valence-electron chi connectivity index (χ4n) is 4.52. The van der Waals surface area contributed by atoms with Crippen LogP contribution in [0.2, 0.25) is 0 Å². The fraction of sp³-hybridized carbons (Fsp3) is 0.179. The molecule has 1 saturated heterocycles. The van der Waals surface area contributed by atoms with Gasteiger partial charge in [-0.1, -0.05) is 30.0 Å². The Morgan fingerprint density at radius 1 is 1.11 bits per heavy atom. The number of hydrogen-bond acceptors (Lipinski definition) is 6. The molecular weight excluding hydrogens is 472 g/mol. The summed E-state index contributed by atoms with van der Waals surface area (Å²) < 4.78 is 5.22. The van der Waals surface area contributed by atoms with Crippen LogP contribution in [-0.2, 0) is 16.1 Å². The molecule has 3 N–H and O–H groups in total. The zero-order chi connectivity index (χ0) is 26.2. The molecule has 37 heavy (non-hydrogen) atoms. The third-order valence-electron chi connectivity index (χ3n) is 6.49. The van der Waals surface area contributed by atoms with Crippen molar-refractivity contribution in [2.45, 2.75) is 13.0 Å². The topological polar surface area (TPSA) is 132 Å². The van der Waals surface area contributed by atoms with E-state index >= 15 is 0 Å². The number of benzene rings is 2. The summed E-state index contributed by atoms with van der Waals surface area (Å²) in [4.78, 5) is 55.3. The molecule has 0 saturated carbocycles. The number of nitrogens with zero attached hydrogens (tertiary/aromatic N) is 2. The minimum Gasteiger partial charge on any atom is -0.497 e. The molecule has 1 aromatic heterocycles. The lowest BCUT2D eigenvalue weighted by molar-refractivity contribution is -0.127. The Bertz CT molecular complexity index is 1520. The van der Waals surface area contributed by atoms with Crippen LogP contribution in [0.1, 0.15) is 38.3 Å². The Balaban J connectivity index is 1.43. The van der Waals surface area contributed by atoms with Gasteiger partial charge in [0, 0.05) is 47.7 Å². The zero-order valence-electron chi connectivity index (χ0n) is 19.9. The molecule has 4 amide bonds. The van der Waals surface area contributed by atoms with Gasteiger partial charge in [0.15, 0.2) is 0 Å². The second kappa shape index (κ2) is 9.24. The maximum Gasteiger partial charge on any atom is 0.254 e. The summed E-state index contributed by atoms with van der Waals surface area (Å²) >= 11 is 0. The standard InChI is InChI=1S/C28H22N4O5/c1-37-22-7-6-20-15-32(26(35)23(20)11-22)16-28(12-24(33)31-27(28)36)9-8-17-10-21(14-30-13-17)18-2-4-19(5-3-18)25(29)34/h2-7,10-11,13-14H,12,15-16H2,1H3,(H2,29,34)(H,31,33,36)/t28-/m1/s1. The summed E-state index contributed by atoms with van der Waals surface area (Å²) in [5, 5.41) is 2.33. The lowest BCUT2D eigenvalue weighted by atomic mass is 9.85. The SMILES string of the molecule is COc1ccc2c(c1)C(=O)N(C[C@@]1(C#Cc3cncc(-c4ccc(C(N)=O)cc4)c3)CC(=O)NC1=O)C2. The lowest BCUT2D eigenvalue weighted by Gasteiger charge is -2.25. The summed E-state index contributed by atoms with van der Waals surface area (Å²) in [6, 6.07) is 13.8. The van der Waals surface area contributed by atoms with E-state index in [1.165, 1.54) is 12.0 Å². The van der Waals surface area contributed by atoms with Gasteiger partial charge in [0.1, 0.15) is 11.2 Å². The molecule has 0 unspecified atom stereocenters. The van der Waals surface area contributed by atoms with Crippen LogP contribution in [0.4, 0.5) is 0 Å². The van der Waals surface area contributed by atoms with E-state index in [0.717, 1.165) is 16.7 Å². The number of nitrogens with one attached hydrogen (secondary N) is 1. The van der Waals surface area contributed by atoms with E-state index < -0.39 is 23.1 Å². The molecule has 1 fully saturated rings. The van der Waals surface area contributed by atoms with E-state index in [1.807, 2.05) is 6.07 Å². The highest BCUT2D eigenvalue weighted by molar-refractivity contribution is 6.08. The number of primary amides is 1. The number of imide groups is 1. The number of ether oxygens (including phenoxy) is 1. The Labute approximate surface area is 212 Å². The largest absolute Gasteiger partial charge is 0.497 e. The molecule has 1 atom stereocenters. The van der Waals surface area contributed by atoms with Crippen LogP contribution in [0.3, 0.4) is 0 Å². The summed E-state index contributed by atoms with van der Waals surface area (Å²) in [7, 11) is 1.53. The molecule has 2 aliphatic heterocycles.